The summed E-state index contributed by atoms with van der Waals surface area (Å²) in [5.74, 6) is 0. The molecule has 4 nitrogen and oxygen atoms in total. The van der Waals surface area contributed by atoms with Gasteiger partial charge in [0.15, 0.2) is 0 Å². The van der Waals surface area contributed by atoms with Gasteiger partial charge in [-0.05, 0) is 24.6 Å². The van der Waals surface area contributed by atoms with E-state index < -0.39 is 0 Å². The largest absolute Gasteiger partial charge is 0.332 e. The number of carbonyl (C=O) groups is 1. The summed E-state index contributed by atoms with van der Waals surface area (Å²) in [6.45, 7) is 2.40. The monoisotopic (exact) mass is 311 g/mol. The number of para-hydroxylation sites is 1. The van der Waals surface area contributed by atoms with Crippen molar-refractivity contribution in [2.24, 2.45) is 0 Å². The molecule has 5 heteroatoms. The van der Waals surface area contributed by atoms with Gasteiger partial charge in [0, 0.05) is 0 Å². The molecule has 112 valence electrons. The first-order valence-electron chi connectivity index (χ1n) is 7.16. The number of urea groups is 1. The van der Waals surface area contributed by atoms with Crippen LogP contribution in [0.3, 0.4) is 0 Å². The lowest BCUT2D eigenvalue weighted by atomic mass is 10.1. The Morgan fingerprint density at radius 2 is 1.86 bits per heavy atom. The van der Waals surface area contributed by atoms with E-state index >= 15 is 0 Å². The zero-order valence-electron chi connectivity index (χ0n) is 12.2. The van der Waals surface area contributed by atoms with Crippen LogP contribution < -0.4 is 10.6 Å². The second-order valence-electron chi connectivity index (χ2n) is 5.03. The predicted molar refractivity (Wildman–Crippen MR) is 89.8 cm³/mol. The van der Waals surface area contributed by atoms with Crippen LogP contribution in [0.15, 0.2) is 54.6 Å². The maximum atomic E-state index is 12.0. The summed E-state index contributed by atoms with van der Waals surface area (Å²) in [6.07, 6.45) is 0. The summed E-state index contributed by atoms with van der Waals surface area (Å²) in [5, 5.41) is 6.69. The smallest absolute Gasteiger partial charge is 0.315 e. The lowest BCUT2D eigenvalue weighted by Crippen LogP contribution is -2.36. The zero-order valence-corrected chi connectivity index (χ0v) is 13.1. The first-order valence-corrected chi connectivity index (χ1v) is 7.98. The molecule has 0 fully saturated rings. The number of hydrogen-bond acceptors (Lipinski definition) is 3. The molecule has 0 aliphatic rings. The molecule has 22 heavy (non-hydrogen) atoms. The van der Waals surface area contributed by atoms with Crippen molar-refractivity contribution in [2.45, 2.75) is 19.5 Å². The molecule has 1 aromatic heterocycles. The van der Waals surface area contributed by atoms with Crippen LogP contribution in [0, 0.1) is 0 Å². The van der Waals surface area contributed by atoms with Gasteiger partial charge in [-0.1, -0.05) is 42.5 Å². The van der Waals surface area contributed by atoms with E-state index in [9.17, 15) is 4.79 Å². The summed E-state index contributed by atoms with van der Waals surface area (Å²) < 4.78 is 1.14. The maximum Gasteiger partial charge on any atom is 0.315 e. The fraction of sp³-hybridized carbons (Fsp3) is 0.176. The summed E-state index contributed by atoms with van der Waals surface area (Å²) in [6, 6.07) is 17.6. The highest BCUT2D eigenvalue weighted by atomic mass is 32.1. The number of aromatic nitrogens is 1. The average molecular weight is 311 g/mol. The van der Waals surface area contributed by atoms with E-state index in [0.29, 0.717) is 6.54 Å². The number of hydrogen-bond donors (Lipinski definition) is 2. The topological polar surface area (TPSA) is 54.0 Å². The Bertz CT molecular complexity index is 737. The molecule has 0 spiro atoms. The van der Waals surface area contributed by atoms with E-state index in [1.54, 1.807) is 11.3 Å². The minimum atomic E-state index is -0.185. The Morgan fingerprint density at radius 1 is 1.14 bits per heavy atom. The number of nitrogens with one attached hydrogen (secondary N) is 2. The van der Waals surface area contributed by atoms with Crippen LogP contribution in [-0.2, 0) is 6.54 Å². The fourth-order valence-corrected chi connectivity index (χ4v) is 3.13. The molecule has 0 aliphatic carbocycles. The Kier molecular flexibility index (Phi) is 4.34. The van der Waals surface area contributed by atoms with E-state index in [0.717, 1.165) is 20.8 Å². The van der Waals surface area contributed by atoms with Crippen LogP contribution in [0.1, 0.15) is 23.5 Å². The molecule has 0 bridgehead atoms. The van der Waals surface area contributed by atoms with E-state index in [1.165, 1.54) is 0 Å². The van der Waals surface area contributed by atoms with Gasteiger partial charge in [0.1, 0.15) is 5.01 Å². The molecule has 2 N–H and O–H groups in total. The SMILES string of the molecule is CC(NC(=O)NCc1nc2ccccc2s1)c1ccccc1. The second-order valence-corrected chi connectivity index (χ2v) is 6.15. The molecule has 0 radical (unpaired) electrons. The quantitative estimate of drug-likeness (QED) is 0.769. The van der Waals surface area contributed by atoms with Crippen molar-refractivity contribution >= 4 is 27.6 Å². The molecule has 1 unspecified atom stereocenters. The highest BCUT2D eigenvalue weighted by Crippen LogP contribution is 2.21. The maximum absolute atomic E-state index is 12.0. The number of fused-ring (bicyclic) bond motifs is 1. The van der Waals surface area contributed by atoms with Crippen LogP contribution in [0.5, 0.6) is 0 Å². The van der Waals surface area contributed by atoms with Gasteiger partial charge < -0.3 is 10.6 Å². The van der Waals surface area contributed by atoms with Crippen molar-refractivity contribution in [3.8, 4) is 0 Å². The third kappa shape index (κ3) is 3.43. The minimum Gasteiger partial charge on any atom is -0.332 e. The molecule has 3 rings (SSSR count). The van der Waals surface area contributed by atoms with Crippen molar-refractivity contribution in [3.63, 3.8) is 0 Å². The van der Waals surface area contributed by atoms with Gasteiger partial charge in [0.05, 0.1) is 22.8 Å². The average Bonchev–Trinajstić information content (AvgIpc) is 2.96. The van der Waals surface area contributed by atoms with Gasteiger partial charge >= 0.3 is 6.03 Å². The standard InChI is InChI=1S/C17H17N3OS/c1-12(13-7-3-2-4-8-13)19-17(21)18-11-16-20-14-9-5-6-10-15(14)22-16/h2-10,12H,11H2,1H3,(H2,18,19,21). The number of carbonyl (C=O) groups excluding carboxylic acids is 1. The minimum absolute atomic E-state index is 0.0310. The number of nitrogens with zero attached hydrogens (tertiary/aromatic N) is 1. The van der Waals surface area contributed by atoms with Gasteiger partial charge in [-0.25, -0.2) is 9.78 Å². The molecule has 1 heterocycles. The first-order chi connectivity index (χ1) is 10.7. The molecule has 0 saturated heterocycles. The lowest BCUT2D eigenvalue weighted by molar-refractivity contribution is 0.237. The van der Waals surface area contributed by atoms with Crippen LogP contribution >= 0.6 is 11.3 Å². The molecule has 0 saturated carbocycles. The van der Waals surface area contributed by atoms with Crippen LogP contribution in [0.4, 0.5) is 4.79 Å². The highest BCUT2D eigenvalue weighted by Gasteiger charge is 2.09. The van der Waals surface area contributed by atoms with E-state index in [1.807, 2.05) is 61.5 Å². The fourth-order valence-electron chi connectivity index (χ4n) is 2.22. The summed E-state index contributed by atoms with van der Waals surface area (Å²) in [4.78, 5) is 16.5. The zero-order chi connectivity index (χ0) is 15.4. The van der Waals surface area contributed by atoms with E-state index in [2.05, 4.69) is 15.6 Å². The van der Waals surface area contributed by atoms with Gasteiger partial charge in [-0.3, -0.25) is 0 Å². The van der Waals surface area contributed by atoms with Crippen molar-refractivity contribution in [1.29, 1.82) is 0 Å². The van der Waals surface area contributed by atoms with Crippen LogP contribution in [0.25, 0.3) is 10.2 Å². The van der Waals surface area contributed by atoms with Gasteiger partial charge in [-0.2, -0.15) is 0 Å². The highest BCUT2D eigenvalue weighted by molar-refractivity contribution is 7.18. The van der Waals surface area contributed by atoms with E-state index in [4.69, 9.17) is 0 Å². The predicted octanol–water partition coefficient (Wildman–Crippen LogP) is 3.86. The van der Waals surface area contributed by atoms with Crippen molar-refractivity contribution in [3.05, 3.63) is 65.2 Å². The normalized spacial score (nSPS) is 12.0. The van der Waals surface area contributed by atoms with Gasteiger partial charge in [-0.15, -0.1) is 11.3 Å². The van der Waals surface area contributed by atoms with Crippen molar-refractivity contribution < 1.29 is 4.79 Å². The number of amides is 2. The Morgan fingerprint density at radius 3 is 2.64 bits per heavy atom. The lowest BCUT2D eigenvalue weighted by Gasteiger charge is -2.14. The number of benzene rings is 2. The number of thiazole rings is 1. The summed E-state index contributed by atoms with van der Waals surface area (Å²) in [7, 11) is 0. The van der Waals surface area contributed by atoms with Crippen LogP contribution in [0.2, 0.25) is 0 Å². The first kappa shape index (κ1) is 14.5. The van der Waals surface area contributed by atoms with Gasteiger partial charge in [0.25, 0.3) is 0 Å². The molecule has 2 amide bonds. The molecule has 3 aromatic rings. The van der Waals surface area contributed by atoms with Crippen molar-refractivity contribution in [1.82, 2.24) is 15.6 Å². The Hall–Kier alpha value is -2.40. The summed E-state index contributed by atoms with van der Waals surface area (Å²) >= 11 is 1.60. The molecular formula is C17H17N3OS. The van der Waals surface area contributed by atoms with Crippen LogP contribution in [-0.4, -0.2) is 11.0 Å². The molecule has 0 aliphatic heterocycles. The third-order valence-electron chi connectivity index (χ3n) is 3.39. The molecule has 2 aromatic carbocycles. The van der Waals surface area contributed by atoms with Crippen molar-refractivity contribution in [2.75, 3.05) is 0 Å². The van der Waals surface area contributed by atoms with Gasteiger partial charge in [0.2, 0.25) is 0 Å². The Balaban J connectivity index is 1.56. The molecular weight excluding hydrogens is 294 g/mol. The third-order valence-corrected chi connectivity index (χ3v) is 4.42. The second kappa shape index (κ2) is 6.58. The Labute approximate surface area is 133 Å². The number of rotatable bonds is 4. The molecule has 1 atom stereocenters. The van der Waals surface area contributed by atoms with E-state index in [-0.39, 0.29) is 12.1 Å². The summed E-state index contributed by atoms with van der Waals surface area (Å²) in [5.41, 5.74) is 2.06.